The van der Waals surface area contributed by atoms with E-state index in [1.54, 1.807) is 0 Å². The van der Waals surface area contributed by atoms with Crippen LogP contribution < -0.4 is 5.73 Å². The van der Waals surface area contributed by atoms with Crippen molar-refractivity contribution in [3.63, 3.8) is 0 Å². The molecule has 1 aliphatic rings. The summed E-state index contributed by atoms with van der Waals surface area (Å²) < 4.78 is 6.15. The Balaban J connectivity index is 1.92. The minimum atomic E-state index is 0.0645. The Morgan fingerprint density at radius 1 is 1.18 bits per heavy atom. The quantitative estimate of drug-likeness (QED) is 0.866. The van der Waals surface area contributed by atoms with Gasteiger partial charge in [-0.1, -0.05) is 37.3 Å². The summed E-state index contributed by atoms with van der Waals surface area (Å²) in [6.45, 7) is 2.89. The molecule has 1 aliphatic carbocycles. The Labute approximate surface area is 104 Å². The maximum Gasteiger partial charge on any atom is 0.0950 e. The molecule has 2 rings (SSSR count). The molecule has 0 bridgehead atoms. The first-order chi connectivity index (χ1) is 8.29. The van der Waals surface area contributed by atoms with Crippen molar-refractivity contribution >= 4 is 0 Å². The van der Waals surface area contributed by atoms with Crippen LogP contribution in [0, 0.1) is 5.92 Å². The van der Waals surface area contributed by atoms with E-state index in [-0.39, 0.29) is 6.10 Å². The predicted molar refractivity (Wildman–Crippen MR) is 70.7 cm³/mol. The van der Waals surface area contributed by atoms with Crippen LogP contribution in [-0.2, 0) is 4.74 Å². The molecule has 0 spiro atoms. The Bertz CT molecular complexity index is 317. The molecular weight excluding hydrogens is 210 g/mol. The molecule has 94 valence electrons. The van der Waals surface area contributed by atoms with Gasteiger partial charge >= 0.3 is 0 Å². The van der Waals surface area contributed by atoms with Crippen molar-refractivity contribution < 1.29 is 4.74 Å². The Morgan fingerprint density at radius 2 is 1.82 bits per heavy atom. The molecule has 1 atom stereocenters. The number of rotatable bonds is 4. The molecule has 1 aromatic carbocycles. The zero-order valence-electron chi connectivity index (χ0n) is 10.6. The van der Waals surface area contributed by atoms with E-state index in [2.05, 4.69) is 19.1 Å². The maximum atomic E-state index is 6.15. The van der Waals surface area contributed by atoms with E-state index >= 15 is 0 Å². The summed E-state index contributed by atoms with van der Waals surface area (Å²) in [6.07, 6.45) is 5.41. The third-order valence-electron chi connectivity index (χ3n) is 3.71. The molecule has 1 saturated carbocycles. The number of hydrogen-bond acceptors (Lipinski definition) is 2. The number of hydrogen-bond donors (Lipinski definition) is 1. The van der Waals surface area contributed by atoms with Gasteiger partial charge in [0, 0.05) is 6.54 Å². The molecule has 1 unspecified atom stereocenters. The van der Waals surface area contributed by atoms with Gasteiger partial charge in [-0.3, -0.25) is 0 Å². The van der Waals surface area contributed by atoms with Gasteiger partial charge in [-0.15, -0.1) is 0 Å². The van der Waals surface area contributed by atoms with Crippen molar-refractivity contribution in [1.29, 1.82) is 0 Å². The normalized spacial score (nSPS) is 26.7. The van der Waals surface area contributed by atoms with E-state index in [0.29, 0.717) is 12.6 Å². The zero-order valence-corrected chi connectivity index (χ0v) is 10.6. The van der Waals surface area contributed by atoms with Crippen LogP contribution in [0.15, 0.2) is 30.3 Å². The first kappa shape index (κ1) is 12.6. The van der Waals surface area contributed by atoms with Crippen molar-refractivity contribution in [2.45, 2.75) is 44.8 Å². The molecule has 2 heteroatoms. The first-order valence-electron chi connectivity index (χ1n) is 6.70. The van der Waals surface area contributed by atoms with Crippen LogP contribution in [0.4, 0.5) is 0 Å². The molecule has 2 nitrogen and oxygen atoms in total. The summed E-state index contributed by atoms with van der Waals surface area (Å²) in [7, 11) is 0. The van der Waals surface area contributed by atoms with Crippen molar-refractivity contribution in [3.8, 4) is 0 Å². The van der Waals surface area contributed by atoms with Gasteiger partial charge < -0.3 is 10.5 Å². The minimum Gasteiger partial charge on any atom is -0.369 e. The Kier molecular flexibility index (Phi) is 4.57. The van der Waals surface area contributed by atoms with E-state index in [1.165, 1.54) is 31.2 Å². The van der Waals surface area contributed by atoms with Gasteiger partial charge in [-0.2, -0.15) is 0 Å². The fraction of sp³-hybridized carbons (Fsp3) is 0.600. The monoisotopic (exact) mass is 233 g/mol. The van der Waals surface area contributed by atoms with E-state index < -0.39 is 0 Å². The lowest BCUT2D eigenvalue weighted by Gasteiger charge is -2.29. The fourth-order valence-electron chi connectivity index (χ4n) is 2.54. The van der Waals surface area contributed by atoms with Crippen LogP contribution in [0.2, 0.25) is 0 Å². The van der Waals surface area contributed by atoms with Crippen LogP contribution in [0.3, 0.4) is 0 Å². The summed E-state index contributed by atoms with van der Waals surface area (Å²) >= 11 is 0. The van der Waals surface area contributed by atoms with Crippen LogP contribution in [-0.4, -0.2) is 12.6 Å². The highest BCUT2D eigenvalue weighted by atomic mass is 16.5. The van der Waals surface area contributed by atoms with Gasteiger partial charge in [0.25, 0.3) is 0 Å². The molecule has 2 N–H and O–H groups in total. The van der Waals surface area contributed by atoms with Crippen molar-refractivity contribution in [2.75, 3.05) is 6.54 Å². The maximum absolute atomic E-state index is 6.15. The van der Waals surface area contributed by atoms with Gasteiger partial charge in [0.2, 0.25) is 0 Å². The molecule has 17 heavy (non-hydrogen) atoms. The molecule has 0 saturated heterocycles. The standard InChI is InChI=1S/C15H23NO/c1-12-7-9-14(10-8-12)17-15(11-16)13-5-3-2-4-6-13/h2-6,12,14-15H,7-11,16H2,1H3. The Morgan fingerprint density at radius 3 is 2.41 bits per heavy atom. The lowest BCUT2D eigenvalue weighted by atomic mass is 9.89. The highest BCUT2D eigenvalue weighted by molar-refractivity contribution is 5.17. The second kappa shape index (κ2) is 6.18. The number of benzene rings is 1. The topological polar surface area (TPSA) is 35.2 Å². The number of ether oxygens (including phenoxy) is 1. The molecular formula is C15H23NO. The van der Waals surface area contributed by atoms with Crippen LogP contribution >= 0.6 is 0 Å². The molecule has 1 fully saturated rings. The lowest BCUT2D eigenvalue weighted by molar-refractivity contribution is -0.0327. The summed E-state index contributed by atoms with van der Waals surface area (Å²) in [5.41, 5.74) is 7.03. The van der Waals surface area contributed by atoms with E-state index in [9.17, 15) is 0 Å². The highest BCUT2D eigenvalue weighted by Gasteiger charge is 2.22. The van der Waals surface area contributed by atoms with E-state index in [0.717, 1.165) is 5.92 Å². The highest BCUT2D eigenvalue weighted by Crippen LogP contribution is 2.29. The summed E-state index contributed by atoms with van der Waals surface area (Å²) in [4.78, 5) is 0. The first-order valence-corrected chi connectivity index (χ1v) is 6.70. The predicted octanol–water partition coefficient (Wildman–Crippen LogP) is 3.28. The zero-order chi connectivity index (χ0) is 12.1. The second-order valence-electron chi connectivity index (χ2n) is 5.15. The van der Waals surface area contributed by atoms with Crippen LogP contribution in [0.25, 0.3) is 0 Å². The molecule has 0 amide bonds. The minimum absolute atomic E-state index is 0.0645. The van der Waals surface area contributed by atoms with Crippen molar-refractivity contribution in [2.24, 2.45) is 11.7 Å². The molecule has 0 aromatic heterocycles. The van der Waals surface area contributed by atoms with Gasteiger partial charge in [-0.05, 0) is 37.2 Å². The van der Waals surface area contributed by atoms with Crippen molar-refractivity contribution in [3.05, 3.63) is 35.9 Å². The fourth-order valence-corrected chi connectivity index (χ4v) is 2.54. The van der Waals surface area contributed by atoms with E-state index in [4.69, 9.17) is 10.5 Å². The SMILES string of the molecule is CC1CCC(OC(CN)c2ccccc2)CC1. The number of nitrogens with two attached hydrogens (primary N) is 1. The van der Waals surface area contributed by atoms with Gasteiger partial charge in [-0.25, -0.2) is 0 Å². The van der Waals surface area contributed by atoms with Gasteiger partial charge in [0.05, 0.1) is 12.2 Å². The third-order valence-corrected chi connectivity index (χ3v) is 3.71. The smallest absolute Gasteiger partial charge is 0.0950 e. The van der Waals surface area contributed by atoms with Crippen LogP contribution in [0.1, 0.15) is 44.3 Å². The third kappa shape index (κ3) is 3.55. The molecule has 0 heterocycles. The Hall–Kier alpha value is -0.860. The summed E-state index contributed by atoms with van der Waals surface area (Å²) in [6, 6.07) is 10.3. The van der Waals surface area contributed by atoms with Crippen LogP contribution in [0.5, 0.6) is 0 Å². The molecule has 1 aromatic rings. The largest absolute Gasteiger partial charge is 0.369 e. The lowest BCUT2D eigenvalue weighted by Crippen LogP contribution is -2.26. The van der Waals surface area contributed by atoms with E-state index in [1.807, 2.05) is 18.2 Å². The second-order valence-corrected chi connectivity index (χ2v) is 5.15. The van der Waals surface area contributed by atoms with Crippen molar-refractivity contribution in [1.82, 2.24) is 0 Å². The van der Waals surface area contributed by atoms with Gasteiger partial charge in [0.1, 0.15) is 0 Å². The summed E-state index contributed by atoms with van der Waals surface area (Å²) in [5.74, 6) is 0.864. The average Bonchev–Trinajstić information content (AvgIpc) is 2.39. The van der Waals surface area contributed by atoms with Gasteiger partial charge in [0.15, 0.2) is 0 Å². The molecule has 0 radical (unpaired) electrons. The molecule has 0 aliphatic heterocycles. The summed E-state index contributed by atoms with van der Waals surface area (Å²) in [5, 5.41) is 0. The average molecular weight is 233 g/mol.